The molecule has 0 aromatic heterocycles. The predicted octanol–water partition coefficient (Wildman–Crippen LogP) is 2.11. The SMILES string of the molecule is O=C1c2c(cccc2C(F)(F)F)C[C@@H]2C(OC(=O)C(F)(F)F)NCCN12. The molecule has 26 heavy (non-hydrogen) atoms. The van der Waals surface area contributed by atoms with Gasteiger partial charge in [0.15, 0.2) is 6.23 Å². The number of piperazine rings is 1. The highest BCUT2D eigenvalue weighted by Gasteiger charge is 2.48. The van der Waals surface area contributed by atoms with Gasteiger partial charge in [-0.1, -0.05) is 12.1 Å². The zero-order valence-electron chi connectivity index (χ0n) is 12.9. The van der Waals surface area contributed by atoms with Gasteiger partial charge in [0.1, 0.15) is 0 Å². The number of fused-ring (bicyclic) bond motifs is 2. The van der Waals surface area contributed by atoms with E-state index < -0.39 is 47.6 Å². The van der Waals surface area contributed by atoms with Crippen LogP contribution in [0.1, 0.15) is 21.5 Å². The Labute approximate surface area is 142 Å². The monoisotopic (exact) mass is 382 g/mol. The van der Waals surface area contributed by atoms with Gasteiger partial charge in [0, 0.05) is 13.1 Å². The van der Waals surface area contributed by atoms with Crippen LogP contribution in [0.25, 0.3) is 0 Å². The molecule has 1 unspecified atom stereocenters. The molecule has 2 aliphatic heterocycles. The average molecular weight is 382 g/mol. The number of carbonyl (C=O) groups is 2. The zero-order chi connectivity index (χ0) is 19.3. The Bertz CT molecular complexity index is 746. The summed E-state index contributed by atoms with van der Waals surface area (Å²) in [5, 5.41) is 2.56. The van der Waals surface area contributed by atoms with Crippen LogP contribution in [0.5, 0.6) is 0 Å². The van der Waals surface area contributed by atoms with Gasteiger partial charge in [0.2, 0.25) is 0 Å². The Morgan fingerprint density at radius 3 is 2.50 bits per heavy atom. The number of amides is 1. The Hall–Kier alpha value is -2.30. The number of halogens is 6. The van der Waals surface area contributed by atoms with E-state index in [0.29, 0.717) is 0 Å². The van der Waals surface area contributed by atoms with Crippen molar-refractivity contribution >= 4 is 11.9 Å². The molecule has 2 heterocycles. The van der Waals surface area contributed by atoms with Crippen LogP contribution in [0.15, 0.2) is 18.2 Å². The fourth-order valence-electron chi connectivity index (χ4n) is 3.19. The van der Waals surface area contributed by atoms with Gasteiger partial charge in [0.05, 0.1) is 17.2 Å². The molecule has 2 aliphatic rings. The highest BCUT2D eigenvalue weighted by molar-refractivity contribution is 5.99. The van der Waals surface area contributed by atoms with Crippen molar-refractivity contribution in [3.63, 3.8) is 0 Å². The Kier molecular flexibility index (Phi) is 4.37. The summed E-state index contributed by atoms with van der Waals surface area (Å²) in [6, 6.07) is 2.17. The quantitative estimate of drug-likeness (QED) is 0.597. The van der Waals surface area contributed by atoms with Crippen LogP contribution in [-0.4, -0.2) is 48.3 Å². The number of alkyl halides is 6. The summed E-state index contributed by atoms with van der Waals surface area (Å²) in [6.45, 7) is -0.0449. The Morgan fingerprint density at radius 1 is 1.19 bits per heavy atom. The number of nitrogens with zero attached hydrogens (tertiary/aromatic N) is 1. The van der Waals surface area contributed by atoms with Crippen molar-refractivity contribution in [3.8, 4) is 0 Å². The second kappa shape index (κ2) is 6.15. The second-order valence-corrected chi connectivity index (χ2v) is 5.89. The highest BCUT2D eigenvalue weighted by atomic mass is 19.4. The van der Waals surface area contributed by atoms with Crippen LogP contribution in [0.2, 0.25) is 0 Å². The number of esters is 1. The van der Waals surface area contributed by atoms with Gasteiger partial charge in [-0.25, -0.2) is 4.79 Å². The summed E-state index contributed by atoms with van der Waals surface area (Å²) >= 11 is 0. The van der Waals surface area contributed by atoms with Gasteiger partial charge in [-0.05, 0) is 18.1 Å². The number of benzene rings is 1. The van der Waals surface area contributed by atoms with Gasteiger partial charge < -0.3 is 9.64 Å². The second-order valence-electron chi connectivity index (χ2n) is 5.89. The lowest BCUT2D eigenvalue weighted by Gasteiger charge is -2.44. The van der Waals surface area contributed by atoms with E-state index in [-0.39, 0.29) is 25.1 Å². The molecule has 11 heteroatoms. The van der Waals surface area contributed by atoms with Gasteiger partial charge in [-0.2, -0.15) is 26.3 Å². The maximum atomic E-state index is 13.2. The van der Waals surface area contributed by atoms with Crippen molar-refractivity contribution < 1.29 is 40.7 Å². The summed E-state index contributed by atoms with van der Waals surface area (Å²) in [5.74, 6) is -3.38. The van der Waals surface area contributed by atoms with E-state index in [1.54, 1.807) is 0 Å². The van der Waals surface area contributed by atoms with Crippen molar-refractivity contribution in [1.29, 1.82) is 0 Å². The summed E-state index contributed by atoms with van der Waals surface area (Å²) in [5.41, 5.74) is -1.57. The third-order valence-electron chi connectivity index (χ3n) is 4.27. The van der Waals surface area contributed by atoms with Gasteiger partial charge in [-0.3, -0.25) is 10.1 Å². The fourth-order valence-corrected chi connectivity index (χ4v) is 3.19. The molecule has 1 aromatic rings. The summed E-state index contributed by atoms with van der Waals surface area (Å²) in [6.07, 6.45) is -11.6. The van der Waals surface area contributed by atoms with E-state index in [2.05, 4.69) is 10.1 Å². The van der Waals surface area contributed by atoms with Crippen molar-refractivity contribution in [2.24, 2.45) is 0 Å². The lowest BCUT2D eigenvalue weighted by atomic mass is 9.88. The smallest absolute Gasteiger partial charge is 0.438 e. The summed E-state index contributed by atoms with van der Waals surface area (Å²) in [7, 11) is 0. The first kappa shape index (κ1) is 18.5. The number of hydrogen-bond donors (Lipinski definition) is 1. The molecule has 5 nitrogen and oxygen atoms in total. The standard InChI is InChI=1S/C15H12F6N2O3/c16-14(17,18)8-3-1-2-7-6-9-11(26-13(25)15(19,20)21)22-4-5-23(9)12(24)10(7)8/h1-3,9,11,22H,4-6H2/t9-,11?/m1/s1. The van der Waals surface area contributed by atoms with E-state index in [1.165, 1.54) is 6.07 Å². The molecule has 3 rings (SSSR count). The summed E-state index contributed by atoms with van der Waals surface area (Å²) in [4.78, 5) is 24.7. The van der Waals surface area contributed by atoms with E-state index >= 15 is 0 Å². The third kappa shape index (κ3) is 3.22. The molecule has 1 amide bonds. The Balaban J connectivity index is 1.94. The molecule has 1 saturated heterocycles. The molecule has 0 spiro atoms. The molecule has 0 radical (unpaired) electrons. The normalized spacial score (nSPS) is 23.3. The van der Waals surface area contributed by atoms with Crippen LogP contribution >= 0.6 is 0 Å². The maximum Gasteiger partial charge on any atom is 0.490 e. The molecule has 142 valence electrons. The van der Waals surface area contributed by atoms with Crippen molar-refractivity contribution in [1.82, 2.24) is 10.2 Å². The largest absolute Gasteiger partial charge is 0.490 e. The molecular formula is C15H12F6N2O3. The molecule has 1 aromatic carbocycles. The molecule has 2 atom stereocenters. The predicted molar refractivity (Wildman–Crippen MR) is 73.9 cm³/mol. The molecule has 0 saturated carbocycles. The molecule has 1 N–H and O–H groups in total. The third-order valence-corrected chi connectivity index (χ3v) is 4.27. The molecular weight excluding hydrogens is 370 g/mol. The first-order valence-corrected chi connectivity index (χ1v) is 7.51. The number of carbonyl (C=O) groups excluding carboxylic acids is 2. The number of ether oxygens (including phenoxy) is 1. The minimum Gasteiger partial charge on any atom is -0.438 e. The first-order valence-electron chi connectivity index (χ1n) is 7.51. The number of nitrogens with one attached hydrogen (secondary N) is 1. The molecule has 1 fully saturated rings. The van der Waals surface area contributed by atoms with E-state index in [1.807, 2.05) is 0 Å². The minimum absolute atomic E-state index is 0.0187. The number of hydrogen-bond acceptors (Lipinski definition) is 4. The van der Waals surface area contributed by atoms with Crippen molar-refractivity contribution in [3.05, 3.63) is 34.9 Å². The van der Waals surface area contributed by atoms with Crippen LogP contribution in [0.3, 0.4) is 0 Å². The Morgan fingerprint density at radius 2 is 1.88 bits per heavy atom. The van der Waals surface area contributed by atoms with E-state index in [4.69, 9.17) is 0 Å². The summed E-state index contributed by atoms with van der Waals surface area (Å²) < 4.78 is 81.2. The van der Waals surface area contributed by atoms with Gasteiger partial charge in [0.25, 0.3) is 5.91 Å². The molecule has 0 bridgehead atoms. The van der Waals surface area contributed by atoms with Crippen LogP contribution in [-0.2, 0) is 22.1 Å². The van der Waals surface area contributed by atoms with Gasteiger partial charge >= 0.3 is 18.3 Å². The first-order chi connectivity index (χ1) is 12.0. The lowest BCUT2D eigenvalue weighted by Crippen LogP contribution is -2.64. The van der Waals surface area contributed by atoms with Gasteiger partial charge in [-0.15, -0.1) is 0 Å². The van der Waals surface area contributed by atoms with Crippen molar-refractivity contribution in [2.45, 2.75) is 31.0 Å². The van der Waals surface area contributed by atoms with Crippen molar-refractivity contribution in [2.75, 3.05) is 13.1 Å². The average Bonchev–Trinajstić information content (AvgIpc) is 2.53. The van der Waals surface area contributed by atoms with Crippen LogP contribution in [0.4, 0.5) is 26.3 Å². The zero-order valence-corrected chi connectivity index (χ0v) is 12.9. The van der Waals surface area contributed by atoms with E-state index in [0.717, 1.165) is 17.0 Å². The lowest BCUT2D eigenvalue weighted by molar-refractivity contribution is -0.210. The van der Waals surface area contributed by atoms with Crippen LogP contribution in [0, 0.1) is 0 Å². The topological polar surface area (TPSA) is 58.6 Å². The molecule has 0 aliphatic carbocycles. The van der Waals surface area contributed by atoms with E-state index in [9.17, 15) is 35.9 Å². The minimum atomic E-state index is -5.22. The maximum absolute atomic E-state index is 13.2. The van der Waals surface area contributed by atoms with Crippen LogP contribution < -0.4 is 5.32 Å². The highest BCUT2D eigenvalue weighted by Crippen LogP contribution is 2.37. The number of rotatable bonds is 1. The fraction of sp³-hybridized carbons (Fsp3) is 0.467.